The van der Waals surface area contributed by atoms with Crippen LogP contribution in [0.25, 0.3) is 0 Å². The van der Waals surface area contributed by atoms with Gasteiger partial charge in [-0.3, -0.25) is 4.79 Å². The lowest BCUT2D eigenvalue weighted by atomic mass is 10.1. The van der Waals surface area contributed by atoms with E-state index in [0.29, 0.717) is 5.56 Å². The molecular weight excluding hydrogens is 426 g/mol. The number of carbonyl (C=O) groups excluding carboxylic acids is 2. The lowest BCUT2D eigenvalue weighted by Gasteiger charge is -2.21. The smallest absolute Gasteiger partial charge is 0.348 e. The van der Waals surface area contributed by atoms with Gasteiger partial charge in [0.1, 0.15) is 15.9 Å². The number of anilines is 1. The van der Waals surface area contributed by atoms with Crippen molar-refractivity contribution in [3.05, 3.63) is 45.8 Å². The van der Waals surface area contributed by atoms with Gasteiger partial charge in [-0.15, -0.1) is 11.3 Å². The van der Waals surface area contributed by atoms with Gasteiger partial charge in [-0.1, -0.05) is 0 Å². The van der Waals surface area contributed by atoms with Crippen LogP contribution in [0.3, 0.4) is 0 Å². The van der Waals surface area contributed by atoms with Crippen LogP contribution in [0.2, 0.25) is 0 Å². The van der Waals surface area contributed by atoms with Crippen molar-refractivity contribution >= 4 is 38.2 Å². The van der Waals surface area contributed by atoms with Gasteiger partial charge in [0.2, 0.25) is 10.0 Å². The molecule has 1 N–H and O–H groups in total. The Hall–Kier alpha value is -2.74. The molecule has 2 rings (SSSR count). The molecule has 0 radical (unpaired) electrons. The number of hydrogen-bond acceptors (Lipinski definition) is 7. The zero-order chi connectivity index (χ0) is 22.6. The Morgan fingerprint density at radius 1 is 1.27 bits per heavy atom. The minimum absolute atomic E-state index is 0.0736. The molecule has 0 aliphatic heterocycles. The topological polar surface area (TPSA) is 117 Å². The van der Waals surface area contributed by atoms with Crippen LogP contribution in [0, 0.1) is 18.3 Å². The average Bonchev–Trinajstić information content (AvgIpc) is 3.02. The zero-order valence-corrected chi connectivity index (χ0v) is 19.0. The maximum atomic E-state index is 12.6. The molecule has 1 aromatic heterocycles. The Kier molecular flexibility index (Phi) is 7.36. The van der Waals surface area contributed by atoms with E-state index >= 15 is 0 Å². The normalized spacial score (nSPS) is 11.4. The number of ether oxygens (including phenoxy) is 1. The van der Waals surface area contributed by atoms with Crippen molar-refractivity contribution in [2.45, 2.75) is 38.6 Å². The monoisotopic (exact) mass is 449 g/mol. The highest BCUT2D eigenvalue weighted by atomic mass is 32.2. The number of benzene rings is 1. The number of nitrogens with one attached hydrogen (secondary N) is 1. The van der Waals surface area contributed by atoms with Crippen molar-refractivity contribution in [3.8, 4) is 6.07 Å². The molecule has 8 nitrogen and oxygen atoms in total. The molecule has 2 aromatic rings. The number of esters is 1. The third kappa shape index (κ3) is 4.70. The van der Waals surface area contributed by atoms with Crippen molar-refractivity contribution in [1.82, 2.24) is 4.31 Å². The molecule has 1 amide bonds. The van der Waals surface area contributed by atoms with E-state index in [9.17, 15) is 23.3 Å². The van der Waals surface area contributed by atoms with E-state index in [1.807, 2.05) is 6.07 Å². The number of amides is 1. The summed E-state index contributed by atoms with van der Waals surface area (Å²) in [4.78, 5) is 25.0. The fourth-order valence-electron chi connectivity index (χ4n) is 2.52. The predicted octanol–water partition coefficient (Wildman–Crippen LogP) is 3.39. The molecular formula is C20H23N3O5S2. The van der Waals surface area contributed by atoms with Crippen LogP contribution in [0.1, 0.15) is 51.9 Å². The summed E-state index contributed by atoms with van der Waals surface area (Å²) in [7, 11) is -2.17. The predicted molar refractivity (Wildman–Crippen MR) is 114 cm³/mol. The van der Waals surface area contributed by atoms with Gasteiger partial charge in [-0.2, -0.15) is 9.57 Å². The van der Waals surface area contributed by atoms with E-state index < -0.39 is 21.9 Å². The molecule has 0 fully saturated rings. The van der Waals surface area contributed by atoms with Gasteiger partial charge in [-0.25, -0.2) is 13.2 Å². The Labute approximate surface area is 180 Å². The van der Waals surface area contributed by atoms with Crippen LogP contribution in [0.5, 0.6) is 0 Å². The second-order valence-corrected chi connectivity index (χ2v) is 9.70. The fraction of sp³-hybridized carbons (Fsp3) is 0.350. The lowest BCUT2D eigenvalue weighted by Crippen LogP contribution is -2.33. The number of thiophene rings is 1. The zero-order valence-electron chi connectivity index (χ0n) is 17.3. The molecule has 160 valence electrons. The quantitative estimate of drug-likeness (QED) is 0.648. The highest BCUT2D eigenvalue weighted by Crippen LogP contribution is 2.33. The number of carbonyl (C=O) groups is 2. The van der Waals surface area contributed by atoms with Crippen molar-refractivity contribution in [2.24, 2.45) is 0 Å². The van der Waals surface area contributed by atoms with E-state index in [0.717, 1.165) is 11.3 Å². The third-order valence-corrected chi connectivity index (χ3v) is 7.70. The van der Waals surface area contributed by atoms with Crippen LogP contribution in [0.4, 0.5) is 5.00 Å². The molecule has 0 saturated heterocycles. The Morgan fingerprint density at radius 2 is 1.87 bits per heavy atom. The fourth-order valence-corrected chi connectivity index (χ4v) is 4.94. The first-order chi connectivity index (χ1) is 14.0. The van der Waals surface area contributed by atoms with Crippen LogP contribution >= 0.6 is 11.3 Å². The Morgan fingerprint density at radius 3 is 2.37 bits per heavy atom. The van der Waals surface area contributed by atoms with Crippen LogP contribution in [-0.2, 0) is 14.8 Å². The first-order valence-corrected chi connectivity index (χ1v) is 11.4. The maximum absolute atomic E-state index is 12.6. The van der Waals surface area contributed by atoms with Gasteiger partial charge < -0.3 is 10.1 Å². The molecule has 1 aromatic carbocycles. The van der Waals surface area contributed by atoms with Crippen molar-refractivity contribution in [1.29, 1.82) is 5.26 Å². The lowest BCUT2D eigenvalue weighted by molar-refractivity contribution is 0.0531. The molecule has 0 aliphatic rings. The van der Waals surface area contributed by atoms with Crippen molar-refractivity contribution in [2.75, 3.05) is 19.0 Å². The molecule has 0 bridgehead atoms. The van der Waals surface area contributed by atoms with Crippen LogP contribution in [-0.4, -0.2) is 44.3 Å². The largest absolute Gasteiger partial charge is 0.462 e. The number of rotatable bonds is 7. The maximum Gasteiger partial charge on any atom is 0.348 e. The SMILES string of the molecule is CCOC(=O)c1sc(NC(=O)c2ccc(S(=O)(=O)N(C)C(C)C)cc2)c(C#N)c1C. The summed E-state index contributed by atoms with van der Waals surface area (Å²) in [6, 6.07) is 7.30. The number of hydrogen-bond donors (Lipinski definition) is 1. The van der Waals surface area contributed by atoms with Crippen LogP contribution in [0.15, 0.2) is 29.2 Å². The molecule has 0 spiro atoms. The van der Waals surface area contributed by atoms with Crippen LogP contribution < -0.4 is 5.32 Å². The van der Waals surface area contributed by atoms with Crippen molar-refractivity contribution < 1.29 is 22.7 Å². The van der Waals surface area contributed by atoms with Gasteiger partial charge in [-0.05, 0) is 57.5 Å². The van der Waals surface area contributed by atoms with E-state index in [1.54, 1.807) is 27.7 Å². The average molecular weight is 450 g/mol. The van der Waals surface area contributed by atoms with Gasteiger partial charge in [0.25, 0.3) is 5.91 Å². The molecule has 0 unspecified atom stereocenters. The molecule has 10 heteroatoms. The summed E-state index contributed by atoms with van der Waals surface area (Å²) < 4.78 is 31.3. The number of nitrogens with zero attached hydrogens (tertiary/aromatic N) is 2. The molecule has 1 heterocycles. The summed E-state index contributed by atoms with van der Waals surface area (Å²) in [5.41, 5.74) is 0.845. The summed E-state index contributed by atoms with van der Waals surface area (Å²) in [6.45, 7) is 7.01. The highest BCUT2D eigenvalue weighted by Gasteiger charge is 2.24. The van der Waals surface area contributed by atoms with E-state index in [-0.39, 0.29) is 38.5 Å². The number of nitriles is 1. The first-order valence-electron chi connectivity index (χ1n) is 9.14. The standard InChI is InChI=1S/C20H23N3O5S2/c1-6-28-20(25)17-13(4)16(11-21)19(29-17)22-18(24)14-7-9-15(10-8-14)30(26,27)23(5)12(2)3/h7-10,12H,6H2,1-5H3,(H,22,24). The Balaban J connectivity index is 2.28. The van der Waals surface area contributed by atoms with E-state index in [1.165, 1.54) is 35.6 Å². The second kappa shape index (κ2) is 9.38. The molecule has 0 saturated carbocycles. The van der Waals surface area contributed by atoms with Gasteiger partial charge in [0, 0.05) is 18.7 Å². The van der Waals surface area contributed by atoms with Gasteiger partial charge in [0.15, 0.2) is 0 Å². The van der Waals surface area contributed by atoms with E-state index in [2.05, 4.69) is 5.32 Å². The minimum atomic E-state index is -3.66. The molecule has 0 aliphatic carbocycles. The van der Waals surface area contributed by atoms with Gasteiger partial charge in [0.05, 0.1) is 17.1 Å². The van der Waals surface area contributed by atoms with E-state index in [4.69, 9.17) is 4.74 Å². The minimum Gasteiger partial charge on any atom is -0.462 e. The highest BCUT2D eigenvalue weighted by molar-refractivity contribution is 7.89. The van der Waals surface area contributed by atoms with Gasteiger partial charge >= 0.3 is 5.97 Å². The Bertz CT molecular complexity index is 1100. The summed E-state index contributed by atoms with van der Waals surface area (Å²) in [5, 5.41) is 12.3. The summed E-state index contributed by atoms with van der Waals surface area (Å²) in [6.07, 6.45) is 0. The van der Waals surface area contributed by atoms with Crippen molar-refractivity contribution in [3.63, 3.8) is 0 Å². The molecule has 0 atom stereocenters. The molecule has 30 heavy (non-hydrogen) atoms. The summed E-state index contributed by atoms with van der Waals surface area (Å²) in [5.74, 6) is -1.08. The second-order valence-electron chi connectivity index (χ2n) is 6.69. The summed E-state index contributed by atoms with van der Waals surface area (Å²) >= 11 is 0.965. The first kappa shape index (κ1) is 23.5. The third-order valence-electron chi connectivity index (χ3n) is 4.47. The number of sulfonamides is 1.